The summed E-state index contributed by atoms with van der Waals surface area (Å²) in [6.45, 7) is 5.55. The van der Waals surface area contributed by atoms with Crippen molar-refractivity contribution in [3.63, 3.8) is 0 Å². The molecule has 6 nitrogen and oxygen atoms in total. The topological polar surface area (TPSA) is 84.5 Å². The Morgan fingerprint density at radius 2 is 1.82 bits per heavy atom. The maximum absolute atomic E-state index is 12.7. The maximum Gasteiger partial charge on any atom is 0.331 e. The first-order valence-corrected chi connectivity index (χ1v) is 10.4. The summed E-state index contributed by atoms with van der Waals surface area (Å²) in [4.78, 5) is 25.1. The van der Waals surface area contributed by atoms with E-state index in [2.05, 4.69) is 5.92 Å². The number of hydrogen-bond acceptors (Lipinski definition) is 5. The minimum Gasteiger partial charge on any atom is -0.395 e. The standard InChI is InChI=1S/C19H22N2O4S.C2H6/c1-4-14-5-7-15(8-6-14)10-21-18(24)13(2)9-20(19(21)25)11-16(23)17(12-22)26-3;1-2/h1,5-9,16-17,22-23H,10-12H2,2-3H3;1-2H3. The van der Waals surface area contributed by atoms with Crippen LogP contribution in [-0.4, -0.2) is 43.6 Å². The zero-order valence-electron chi connectivity index (χ0n) is 16.8. The van der Waals surface area contributed by atoms with E-state index in [0.29, 0.717) is 5.56 Å². The second kappa shape index (κ2) is 11.5. The number of rotatable bonds is 7. The molecule has 0 amide bonds. The lowest BCUT2D eigenvalue weighted by Gasteiger charge is -2.20. The smallest absolute Gasteiger partial charge is 0.331 e. The van der Waals surface area contributed by atoms with Gasteiger partial charge < -0.3 is 10.2 Å². The fraction of sp³-hybridized carbons (Fsp3) is 0.429. The highest BCUT2D eigenvalue weighted by molar-refractivity contribution is 7.99. The molecule has 0 aliphatic carbocycles. The van der Waals surface area contributed by atoms with Crippen LogP contribution in [0.5, 0.6) is 0 Å². The molecule has 2 rings (SSSR count). The van der Waals surface area contributed by atoms with Gasteiger partial charge in [0.25, 0.3) is 5.56 Å². The SMILES string of the molecule is C#Cc1ccc(Cn2c(=O)c(C)cn(CC(O)C(CO)SC)c2=O)cc1.CC. The van der Waals surface area contributed by atoms with E-state index in [1.807, 2.05) is 13.8 Å². The fourth-order valence-electron chi connectivity index (χ4n) is 2.63. The van der Waals surface area contributed by atoms with Crippen LogP contribution in [0.4, 0.5) is 0 Å². The van der Waals surface area contributed by atoms with Crippen LogP contribution < -0.4 is 11.2 Å². The Balaban J connectivity index is 0.00000190. The second-order valence-corrected chi connectivity index (χ2v) is 7.08. The van der Waals surface area contributed by atoms with Gasteiger partial charge in [-0.25, -0.2) is 4.79 Å². The summed E-state index contributed by atoms with van der Waals surface area (Å²) in [5.74, 6) is 2.52. The van der Waals surface area contributed by atoms with Crippen LogP contribution in [-0.2, 0) is 13.1 Å². The molecule has 0 radical (unpaired) electrons. The van der Waals surface area contributed by atoms with E-state index >= 15 is 0 Å². The fourth-order valence-corrected chi connectivity index (χ4v) is 3.18. The molecule has 0 aliphatic rings. The summed E-state index contributed by atoms with van der Waals surface area (Å²) in [5, 5.41) is 19.1. The maximum atomic E-state index is 12.7. The molecule has 0 bridgehead atoms. The van der Waals surface area contributed by atoms with Gasteiger partial charge >= 0.3 is 5.69 Å². The van der Waals surface area contributed by atoms with Crippen molar-refractivity contribution in [3.05, 3.63) is 68.0 Å². The van der Waals surface area contributed by atoms with Crippen molar-refractivity contribution < 1.29 is 10.2 Å². The summed E-state index contributed by atoms with van der Waals surface area (Å²) in [7, 11) is 0. The molecule has 0 saturated heterocycles. The Hall–Kier alpha value is -2.27. The molecule has 2 N–H and O–H groups in total. The van der Waals surface area contributed by atoms with Gasteiger partial charge in [-0.2, -0.15) is 11.8 Å². The van der Waals surface area contributed by atoms with E-state index in [4.69, 9.17) is 6.42 Å². The van der Waals surface area contributed by atoms with Gasteiger partial charge in [0.1, 0.15) is 0 Å². The molecule has 28 heavy (non-hydrogen) atoms. The zero-order chi connectivity index (χ0) is 21.3. The van der Waals surface area contributed by atoms with Gasteiger partial charge in [0.15, 0.2) is 0 Å². The van der Waals surface area contributed by atoms with Gasteiger partial charge in [-0.1, -0.05) is 31.9 Å². The second-order valence-electron chi connectivity index (χ2n) is 6.00. The monoisotopic (exact) mass is 404 g/mol. The number of nitrogens with zero attached hydrogens (tertiary/aromatic N) is 2. The van der Waals surface area contributed by atoms with E-state index < -0.39 is 17.0 Å². The zero-order valence-corrected chi connectivity index (χ0v) is 17.6. The van der Waals surface area contributed by atoms with Crippen LogP contribution in [0.3, 0.4) is 0 Å². The van der Waals surface area contributed by atoms with Gasteiger partial charge in [-0.05, 0) is 30.9 Å². The molecule has 7 heteroatoms. The number of aliphatic hydroxyl groups is 2. The number of aromatic nitrogens is 2. The highest BCUT2D eigenvalue weighted by Gasteiger charge is 2.19. The summed E-state index contributed by atoms with van der Waals surface area (Å²) >= 11 is 1.32. The Morgan fingerprint density at radius 3 is 2.32 bits per heavy atom. The first-order valence-electron chi connectivity index (χ1n) is 9.09. The van der Waals surface area contributed by atoms with Crippen LogP contribution in [0.15, 0.2) is 40.1 Å². The average molecular weight is 405 g/mol. The normalized spacial score (nSPS) is 12.5. The van der Waals surface area contributed by atoms with Gasteiger partial charge in [0.05, 0.1) is 31.1 Å². The van der Waals surface area contributed by atoms with Crippen molar-refractivity contribution in [3.8, 4) is 12.3 Å². The molecule has 0 saturated carbocycles. The van der Waals surface area contributed by atoms with Crippen molar-refractivity contribution in [2.24, 2.45) is 0 Å². The third kappa shape index (κ3) is 5.86. The Kier molecular flexibility index (Phi) is 9.80. The quantitative estimate of drug-likeness (QED) is 0.683. The van der Waals surface area contributed by atoms with Gasteiger partial charge in [0, 0.05) is 17.3 Å². The van der Waals surface area contributed by atoms with E-state index in [-0.39, 0.29) is 25.3 Å². The number of aryl methyl sites for hydroxylation is 1. The summed E-state index contributed by atoms with van der Waals surface area (Å²) in [6, 6.07) is 7.06. The predicted octanol–water partition coefficient (Wildman–Crippen LogP) is 1.46. The molecule has 1 aromatic heterocycles. The number of terminal acetylenes is 1. The molecular weight excluding hydrogens is 376 g/mol. The summed E-state index contributed by atoms with van der Waals surface area (Å²) in [5.41, 5.74) is 1.03. The molecule has 0 spiro atoms. The summed E-state index contributed by atoms with van der Waals surface area (Å²) < 4.78 is 2.45. The molecule has 2 unspecified atom stereocenters. The third-order valence-corrected chi connectivity index (χ3v) is 5.23. The number of aliphatic hydroxyl groups excluding tert-OH is 2. The van der Waals surface area contributed by atoms with Crippen LogP contribution in [0.25, 0.3) is 0 Å². The predicted molar refractivity (Wildman–Crippen MR) is 115 cm³/mol. The summed E-state index contributed by atoms with van der Waals surface area (Å²) in [6.07, 6.45) is 7.64. The van der Waals surface area contributed by atoms with E-state index in [0.717, 1.165) is 15.7 Å². The molecule has 0 aliphatic heterocycles. The largest absolute Gasteiger partial charge is 0.395 e. The number of hydrogen-bond donors (Lipinski definition) is 2. The molecular formula is C21H28N2O4S. The molecule has 1 heterocycles. The van der Waals surface area contributed by atoms with E-state index in [1.54, 1.807) is 37.4 Å². The van der Waals surface area contributed by atoms with Gasteiger partial charge in [0.2, 0.25) is 0 Å². The first kappa shape index (κ1) is 23.8. The Bertz CT molecular complexity index is 906. The van der Waals surface area contributed by atoms with Crippen LogP contribution in [0.2, 0.25) is 0 Å². The first-order chi connectivity index (χ1) is 13.4. The van der Waals surface area contributed by atoms with Crippen molar-refractivity contribution in [2.45, 2.75) is 45.2 Å². The van der Waals surface area contributed by atoms with Crippen molar-refractivity contribution >= 4 is 11.8 Å². The Morgan fingerprint density at radius 1 is 1.21 bits per heavy atom. The Labute approximate surface area is 169 Å². The van der Waals surface area contributed by atoms with Crippen LogP contribution in [0.1, 0.15) is 30.5 Å². The van der Waals surface area contributed by atoms with Crippen molar-refractivity contribution in [1.29, 1.82) is 0 Å². The molecule has 0 fully saturated rings. The highest BCUT2D eigenvalue weighted by atomic mass is 32.2. The minimum absolute atomic E-state index is 0.00204. The molecule has 1 aromatic carbocycles. The number of benzene rings is 1. The lowest BCUT2D eigenvalue weighted by molar-refractivity contribution is 0.122. The van der Waals surface area contributed by atoms with Gasteiger partial charge in [-0.3, -0.25) is 13.9 Å². The van der Waals surface area contributed by atoms with Crippen LogP contribution in [0, 0.1) is 19.3 Å². The van der Waals surface area contributed by atoms with Gasteiger partial charge in [-0.15, -0.1) is 6.42 Å². The lowest BCUT2D eigenvalue weighted by atomic mass is 10.1. The minimum atomic E-state index is -0.909. The van der Waals surface area contributed by atoms with Crippen molar-refractivity contribution in [2.75, 3.05) is 12.9 Å². The van der Waals surface area contributed by atoms with E-state index in [1.165, 1.54) is 22.5 Å². The molecule has 152 valence electrons. The van der Waals surface area contributed by atoms with Crippen molar-refractivity contribution in [1.82, 2.24) is 9.13 Å². The molecule has 2 aromatic rings. The van der Waals surface area contributed by atoms with E-state index in [9.17, 15) is 19.8 Å². The van der Waals surface area contributed by atoms with Crippen LogP contribution >= 0.6 is 11.8 Å². The lowest BCUT2D eigenvalue weighted by Crippen LogP contribution is -2.43. The highest BCUT2D eigenvalue weighted by Crippen LogP contribution is 2.12. The third-order valence-electron chi connectivity index (χ3n) is 4.17. The molecule has 2 atom stereocenters. The average Bonchev–Trinajstić information content (AvgIpc) is 2.72. The number of thioether (sulfide) groups is 1.